The summed E-state index contributed by atoms with van der Waals surface area (Å²) in [4.78, 5) is 31.2. The van der Waals surface area contributed by atoms with Crippen molar-refractivity contribution in [3.63, 3.8) is 0 Å². The Bertz CT molecular complexity index is 1110. The first-order valence-electron chi connectivity index (χ1n) is 9.78. The minimum Gasteiger partial charge on any atom is -0.486 e. The standard InChI is InChI=1S/C22H21N3O3S/c1-14-9-17(10-20(26)25(14)16-7-8-16)28-18-11-24(12-18)22(27)19-13-29-21(23-19)15-5-3-2-4-6-15/h2-6,9-10,13,16,18H,7-8,11-12H2,1H3. The first kappa shape index (κ1) is 18.1. The monoisotopic (exact) mass is 407 g/mol. The summed E-state index contributed by atoms with van der Waals surface area (Å²) in [6, 6.07) is 13.7. The lowest BCUT2D eigenvalue weighted by molar-refractivity contribution is 0.0173. The van der Waals surface area contributed by atoms with E-state index < -0.39 is 0 Å². The summed E-state index contributed by atoms with van der Waals surface area (Å²) in [6.07, 6.45) is 2.05. The number of rotatable bonds is 5. The highest BCUT2D eigenvalue weighted by atomic mass is 32.1. The van der Waals surface area contributed by atoms with Crippen molar-refractivity contribution >= 4 is 17.2 Å². The molecule has 0 spiro atoms. The SMILES string of the molecule is Cc1cc(OC2CN(C(=O)c3csc(-c4ccccc4)n3)C2)cc(=O)n1C1CC1. The fraction of sp³-hybridized carbons (Fsp3) is 0.318. The van der Waals surface area contributed by atoms with Gasteiger partial charge in [0.25, 0.3) is 11.5 Å². The highest BCUT2D eigenvalue weighted by Gasteiger charge is 2.34. The Hall–Kier alpha value is -2.93. The van der Waals surface area contributed by atoms with Crippen LogP contribution in [0.3, 0.4) is 0 Å². The quantitative estimate of drug-likeness (QED) is 0.649. The molecule has 1 amide bonds. The van der Waals surface area contributed by atoms with Crippen LogP contribution in [0.15, 0.2) is 52.6 Å². The van der Waals surface area contributed by atoms with Crippen LogP contribution in [0, 0.1) is 6.92 Å². The van der Waals surface area contributed by atoms with E-state index in [2.05, 4.69) is 4.98 Å². The van der Waals surface area contributed by atoms with Crippen molar-refractivity contribution in [3.05, 3.63) is 69.6 Å². The fourth-order valence-electron chi connectivity index (χ4n) is 3.67. The first-order valence-corrected chi connectivity index (χ1v) is 10.7. The number of aromatic nitrogens is 2. The van der Waals surface area contributed by atoms with Crippen molar-refractivity contribution in [1.82, 2.24) is 14.5 Å². The number of ether oxygens (including phenoxy) is 1. The Labute approximate surface area is 172 Å². The average molecular weight is 407 g/mol. The highest BCUT2D eigenvalue weighted by molar-refractivity contribution is 7.13. The molecule has 1 saturated carbocycles. The number of benzene rings is 1. The van der Waals surface area contributed by atoms with Crippen LogP contribution in [0.4, 0.5) is 0 Å². The number of thiazole rings is 1. The molecule has 5 rings (SSSR count). The van der Waals surface area contributed by atoms with Gasteiger partial charge in [-0.25, -0.2) is 4.98 Å². The van der Waals surface area contributed by atoms with E-state index in [9.17, 15) is 9.59 Å². The second kappa shape index (κ2) is 7.15. The van der Waals surface area contributed by atoms with Crippen LogP contribution in [0.2, 0.25) is 0 Å². The molecule has 0 atom stereocenters. The van der Waals surface area contributed by atoms with Gasteiger partial charge in [-0.3, -0.25) is 9.59 Å². The maximum absolute atomic E-state index is 12.7. The molecule has 0 N–H and O–H groups in total. The van der Waals surface area contributed by atoms with E-state index in [0.717, 1.165) is 29.1 Å². The van der Waals surface area contributed by atoms with Crippen molar-refractivity contribution in [1.29, 1.82) is 0 Å². The first-order chi connectivity index (χ1) is 14.1. The maximum atomic E-state index is 12.7. The lowest BCUT2D eigenvalue weighted by atomic mass is 10.1. The third kappa shape index (κ3) is 3.58. The van der Waals surface area contributed by atoms with Gasteiger partial charge in [-0.2, -0.15) is 0 Å². The van der Waals surface area contributed by atoms with Gasteiger partial charge >= 0.3 is 0 Å². The number of hydrogen-bond acceptors (Lipinski definition) is 5. The van der Waals surface area contributed by atoms with Crippen LogP contribution in [0.25, 0.3) is 10.6 Å². The summed E-state index contributed by atoms with van der Waals surface area (Å²) in [5.41, 5.74) is 2.40. The summed E-state index contributed by atoms with van der Waals surface area (Å²) in [7, 11) is 0. The zero-order valence-electron chi connectivity index (χ0n) is 16.1. The number of likely N-dealkylation sites (tertiary alicyclic amines) is 1. The number of carbonyl (C=O) groups excluding carboxylic acids is 1. The predicted molar refractivity (Wildman–Crippen MR) is 112 cm³/mol. The molecule has 6 nitrogen and oxygen atoms in total. The summed E-state index contributed by atoms with van der Waals surface area (Å²) in [5.74, 6) is 0.505. The molecule has 0 bridgehead atoms. The number of hydrogen-bond donors (Lipinski definition) is 0. The summed E-state index contributed by atoms with van der Waals surface area (Å²) in [5, 5.41) is 2.65. The number of amides is 1. The smallest absolute Gasteiger partial charge is 0.273 e. The van der Waals surface area contributed by atoms with Crippen LogP contribution >= 0.6 is 11.3 Å². The molecule has 1 saturated heterocycles. The second-order valence-electron chi connectivity index (χ2n) is 7.63. The van der Waals surface area contributed by atoms with E-state index in [1.54, 1.807) is 16.3 Å². The van der Waals surface area contributed by atoms with Gasteiger partial charge in [0.15, 0.2) is 0 Å². The van der Waals surface area contributed by atoms with Crippen molar-refractivity contribution < 1.29 is 9.53 Å². The Kier molecular flexibility index (Phi) is 4.47. The van der Waals surface area contributed by atoms with E-state index in [4.69, 9.17) is 4.74 Å². The minimum atomic E-state index is -0.0956. The molecule has 0 radical (unpaired) electrons. The lowest BCUT2D eigenvalue weighted by Crippen LogP contribution is -2.56. The Balaban J connectivity index is 1.21. The van der Waals surface area contributed by atoms with Crippen molar-refractivity contribution in [2.75, 3.05) is 13.1 Å². The maximum Gasteiger partial charge on any atom is 0.273 e. The molecular weight excluding hydrogens is 386 g/mol. The predicted octanol–water partition coefficient (Wildman–Crippen LogP) is 3.52. The van der Waals surface area contributed by atoms with Crippen LogP contribution in [-0.2, 0) is 0 Å². The van der Waals surface area contributed by atoms with Crippen molar-refractivity contribution in [2.45, 2.75) is 31.9 Å². The van der Waals surface area contributed by atoms with Crippen LogP contribution in [0.5, 0.6) is 5.75 Å². The lowest BCUT2D eigenvalue weighted by Gasteiger charge is -2.38. The van der Waals surface area contributed by atoms with Gasteiger partial charge in [0.2, 0.25) is 0 Å². The van der Waals surface area contributed by atoms with E-state index in [-0.39, 0.29) is 17.6 Å². The van der Waals surface area contributed by atoms with Crippen LogP contribution in [-0.4, -0.2) is 39.6 Å². The molecule has 1 aromatic carbocycles. The molecule has 1 aliphatic heterocycles. The molecule has 1 aliphatic carbocycles. The number of aryl methyl sites for hydroxylation is 1. The number of pyridine rings is 1. The number of carbonyl (C=O) groups is 1. The average Bonchev–Trinajstić information content (AvgIpc) is 3.38. The van der Waals surface area contributed by atoms with Gasteiger partial charge in [-0.1, -0.05) is 30.3 Å². The fourth-order valence-corrected chi connectivity index (χ4v) is 4.47. The van der Waals surface area contributed by atoms with Crippen molar-refractivity contribution in [3.8, 4) is 16.3 Å². The highest BCUT2D eigenvalue weighted by Crippen LogP contribution is 2.35. The van der Waals surface area contributed by atoms with E-state index in [1.807, 2.05) is 47.9 Å². The summed E-state index contributed by atoms with van der Waals surface area (Å²) >= 11 is 1.47. The van der Waals surface area contributed by atoms with Gasteiger partial charge in [-0.15, -0.1) is 11.3 Å². The molecular formula is C22H21N3O3S. The van der Waals surface area contributed by atoms with Gasteiger partial charge in [0.05, 0.1) is 13.1 Å². The van der Waals surface area contributed by atoms with Gasteiger partial charge in [-0.05, 0) is 25.8 Å². The zero-order valence-corrected chi connectivity index (χ0v) is 16.9. The Morgan fingerprint density at radius 3 is 2.62 bits per heavy atom. The molecule has 3 heterocycles. The van der Waals surface area contributed by atoms with E-state index in [1.165, 1.54) is 11.3 Å². The van der Waals surface area contributed by atoms with E-state index in [0.29, 0.717) is 30.6 Å². The van der Waals surface area contributed by atoms with E-state index >= 15 is 0 Å². The van der Waals surface area contributed by atoms with Gasteiger partial charge in [0, 0.05) is 28.7 Å². The molecule has 7 heteroatoms. The Morgan fingerprint density at radius 1 is 1.17 bits per heavy atom. The topological polar surface area (TPSA) is 64.4 Å². The van der Waals surface area contributed by atoms with Crippen molar-refractivity contribution in [2.24, 2.45) is 0 Å². The molecule has 29 heavy (non-hydrogen) atoms. The number of nitrogens with zero attached hydrogens (tertiary/aromatic N) is 3. The molecule has 2 aliphatic rings. The minimum absolute atomic E-state index is 0.00864. The molecule has 148 valence electrons. The largest absolute Gasteiger partial charge is 0.486 e. The zero-order chi connectivity index (χ0) is 20.0. The van der Waals surface area contributed by atoms with Crippen LogP contribution < -0.4 is 10.3 Å². The molecule has 0 unspecified atom stereocenters. The third-order valence-corrected chi connectivity index (χ3v) is 6.22. The van der Waals surface area contributed by atoms with Gasteiger partial charge in [0.1, 0.15) is 22.6 Å². The normalized spacial score (nSPS) is 16.5. The Morgan fingerprint density at radius 2 is 1.93 bits per heavy atom. The van der Waals surface area contributed by atoms with Gasteiger partial charge < -0.3 is 14.2 Å². The molecule has 2 fully saturated rings. The second-order valence-corrected chi connectivity index (χ2v) is 8.48. The third-order valence-electron chi connectivity index (χ3n) is 5.33. The molecule has 2 aromatic heterocycles. The summed E-state index contributed by atoms with van der Waals surface area (Å²) in [6.45, 7) is 2.94. The summed E-state index contributed by atoms with van der Waals surface area (Å²) < 4.78 is 7.78. The van der Waals surface area contributed by atoms with Crippen LogP contribution in [0.1, 0.15) is 35.1 Å². The molecule has 3 aromatic rings.